The summed E-state index contributed by atoms with van der Waals surface area (Å²) in [4.78, 5) is 31.8. The van der Waals surface area contributed by atoms with E-state index in [1.807, 2.05) is 60.0 Å². The fourth-order valence-corrected chi connectivity index (χ4v) is 6.39. The van der Waals surface area contributed by atoms with Crippen LogP contribution in [0.3, 0.4) is 0 Å². The molecule has 6 rings (SSSR count). The second kappa shape index (κ2) is 9.65. The maximum absolute atomic E-state index is 14.3. The van der Waals surface area contributed by atoms with Gasteiger partial charge in [-0.15, -0.1) is 0 Å². The van der Waals surface area contributed by atoms with Crippen molar-refractivity contribution >= 4 is 11.8 Å². The number of nitrogens with zero attached hydrogens (tertiary/aromatic N) is 2. The quantitative estimate of drug-likeness (QED) is 0.616. The van der Waals surface area contributed by atoms with E-state index in [0.29, 0.717) is 82.4 Å². The van der Waals surface area contributed by atoms with Crippen LogP contribution in [0.25, 0.3) is 0 Å². The lowest BCUT2D eigenvalue weighted by Crippen LogP contribution is -2.53. The van der Waals surface area contributed by atoms with Gasteiger partial charge in [0.05, 0.1) is 38.4 Å². The minimum atomic E-state index is -0.553. The number of hydrogen-bond donors (Lipinski definition) is 0. The predicted molar refractivity (Wildman–Crippen MR) is 136 cm³/mol. The number of piperidine rings is 1. The fourth-order valence-electron chi connectivity index (χ4n) is 6.39. The van der Waals surface area contributed by atoms with E-state index in [9.17, 15) is 9.59 Å². The molecule has 2 fully saturated rings. The van der Waals surface area contributed by atoms with Gasteiger partial charge >= 0.3 is 0 Å². The average Bonchev–Trinajstić information content (AvgIpc) is 3.37. The molecule has 0 radical (unpaired) electrons. The first-order valence-electron chi connectivity index (χ1n) is 13.4. The molecule has 0 bridgehead atoms. The Labute approximate surface area is 217 Å². The van der Waals surface area contributed by atoms with Crippen molar-refractivity contribution in [2.75, 3.05) is 46.1 Å². The molecule has 2 unspecified atom stereocenters. The number of carbonyl (C=O) groups is 2. The Bertz CT molecular complexity index is 1200. The molecule has 2 atom stereocenters. The number of carbonyl (C=O) groups excluding carboxylic acids is 2. The number of rotatable bonds is 5. The van der Waals surface area contributed by atoms with Gasteiger partial charge in [0.2, 0.25) is 5.91 Å². The highest BCUT2D eigenvalue weighted by Crippen LogP contribution is 2.49. The zero-order valence-corrected chi connectivity index (χ0v) is 21.5. The van der Waals surface area contributed by atoms with Gasteiger partial charge < -0.3 is 28.7 Å². The highest BCUT2D eigenvalue weighted by atomic mass is 16.7. The third-order valence-electron chi connectivity index (χ3n) is 8.10. The van der Waals surface area contributed by atoms with E-state index in [-0.39, 0.29) is 11.8 Å². The number of amides is 2. The number of ether oxygens (including phenoxy) is 4. The minimum absolute atomic E-state index is 0.0208. The van der Waals surface area contributed by atoms with Gasteiger partial charge in [-0.3, -0.25) is 9.59 Å². The van der Waals surface area contributed by atoms with Gasteiger partial charge in [0.1, 0.15) is 0 Å². The molecule has 2 saturated heterocycles. The van der Waals surface area contributed by atoms with Crippen molar-refractivity contribution in [2.45, 2.75) is 50.9 Å². The Kier molecular flexibility index (Phi) is 6.32. The molecule has 2 aromatic rings. The second-order valence-corrected chi connectivity index (χ2v) is 10.1. The minimum Gasteiger partial charge on any atom is -0.490 e. The summed E-state index contributed by atoms with van der Waals surface area (Å²) in [7, 11) is 0. The summed E-state index contributed by atoms with van der Waals surface area (Å²) in [6.07, 6.45) is 2.01. The molecule has 196 valence electrons. The van der Waals surface area contributed by atoms with Crippen LogP contribution in [0.2, 0.25) is 0 Å². The van der Waals surface area contributed by atoms with Crippen molar-refractivity contribution in [2.24, 2.45) is 0 Å². The van der Waals surface area contributed by atoms with Gasteiger partial charge in [0, 0.05) is 38.0 Å². The summed E-state index contributed by atoms with van der Waals surface area (Å²) in [6, 6.07) is 11.2. The Morgan fingerprint density at radius 2 is 1.65 bits per heavy atom. The number of benzene rings is 2. The first-order chi connectivity index (χ1) is 18.0. The molecule has 37 heavy (non-hydrogen) atoms. The largest absolute Gasteiger partial charge is 0.490 e. The molecular formula is C29H34N2O6. The fraction of sp³-hybridized carbons (Fsp3) is 0.517. The maximum Gasteiger partial charge on any atom is 0.254 e. The molecule has 2 aromatic carbocycles. The molecule has 0 aromatic heterocycles. The maximum atomic E-state index is 14.3. The van der Waals surface area contributed by atoms with E-state index in [0.717, 1.165) is 16.7 Å². The molecule has 4 heterocycles. The van der Waals surface area contributed by atoms with Crippen molar-refractivity contribution in [3.63, 3.8) is 0 Å². The summed E-state index contributed by atoms with van der Waals surface area (Å²) < 4.78 is 23.6. The second-order valence-electron chi connectivity index (χ2n) is 10.1. The highest BCUT2D eigenvalue weighted by molar-refractivity contribution is 6.01. The smallest absolute Gasteiger partial charge is 0.254 e. The molecule has 0 saturated carbocycles. The molecule has 4 aliphatic rings. The molecule has 2 amide bonds. The summed E-state index contributed by atoms with van der Waals surface area (Å²) >= 11 is 0. The lowest BCUT2D eigenvalue weighted by atomic mass is 9.75. The number of likely N-dealkylation sites (tertiary alicyclic amines) is 1. The SMILES string of the molecule is CCOc1cc2c(cc1OCC)C1C(C(=O)N3CCC4(CC3)OCCO4)c3ccccc3C(=O)N1CC2. The zero-order valence-electron chi connectivity index (χ0n) is 21.5. The summed E-state index contributed by atoms with van der Waals surface area (Å²) in [5, 5.41) is 0. The Balaban J connectivity index is 1.41. The van der Waals surface area contributed by atoms with Crippen LogP contribution in [-0.4, -0.2) is 73.5 Å². The van der Waals surface area contributed by atoms with E-state index in [1.54, 1.807) is 0 Å². The standard InChI is InChI=1S/C29H34N2O6/c1-3-34-23-17-19-9-12-31-26(22(19)18-24(23)35-4-2)25(20-7-5-6-8-21(20)27(31)32)28(33)30-13-10-29(11-14-30)36-15-16-37-29/h5-8,17-18,25-26H,3-4,9-16H2,1-2H3. The van der Waals surface area contributed by atoms with Crippen LogP contribution in [0.15, 0.2) is 36.4 Å². The van der Waals surface area contributed by atoms with Crippen molar-refractivity contribution < 1.29 is 28.5 Å². The first-order valence-corrected chi connectivity index (χ1v) is 13.4. The molecular weight excluding hydrogens is 472 g/mol. The summed E-state index contributed by atoms with van der Waals surface area (Å²) in [5.74, 6) is 0.329. The summed E-state index contributed by atoms with van der Waals surface area (Å²) in [6.45, 7) is 7.82. The predicted octanol–water partition coefficient (Wildman–Crippen LogP) is 3.69. The Morgan fingerprint density at radius 1 is 0.973 bits per heavy atom. The van der Waals surface area contributed by atoms with Crippen molar-refractivity contribution in [1.29, 1.82) is 0 Å². The topological polar surface area (TPSA) is 77.5 Å². The lowest BCUT2D eigenvalue weighted by Gasteiger charge is -2.47. The van der Waals surface area contributed by atoms with Gasteiger partial charge in [-0.25, -0.2) is 0 Å². The molecule has 0 aliphatic carbocycles. The molecule has 8 nitrogen and oxygen atoms in total. The van der Waals surface area contributed by atoms with Crippen LogP contribution in [0.4, 0.5) is 0 Å². The number of fused-ring (bicyclic) bond motifs is 4. The van der Waals surface area contributed by atoms with E-state index < -0.39 is 17.7 Å². The van der Waals surface area contributed by atoms with Gasteiger partial charge in [0.25, 0.3) is 5.91 Å². The van der Waals surface area contributed by atoms with Crippen LogP contribution >= 0.6 is 0 Å². The van der Waals surface area contributed by atoms with E-state index in [1.165, 1.54) is 0 Å². The third kappa shape index (κ3) is 4.07. The summed E-state index contributed by atoms with van der Waals surface area (Å²) in [5.41, 5.74) is 3.48. The highest BCUT2D eigenvalue weighted by Gasteiger charge is 2.49. The monoisotopic (exact) mass is 506 g/mol. The Hall–Kier alpha value is -3.10. The van der Waals surface area contributed by atoms with E-state index >= 15 is 0 Å². The van der Waals surface area contributed by atoms with Gasteiger partial charge in [0.15, 0.2) is 17.3 Å². The average molecular weight is 507 g/mol. The van der Waals surface area contributed by atoms with Crippen molar-refractivity contribution in [1.82, 2.24) is 9.80 Å². The van der Waals surface area contributed by atoms with Crippen LogP contribution in [0.5, 0.6) is 11.5 Å². The Morgan fingerprint density at radius 3 is 2.35 bits per heavy atom. The third-order valence-corrected chi connectivity index (χ3v) is 8.10. The normalized spacial score (nSPS) is 23.9. The van der Waals surface area contributed by atoms with Crippen LogP contribution in [0.1, 0.15) is 65.7 Å². The van der Waals surface area contributed by atoms with Gasteiger partial charge in [-0.05, 0) is 55.2 Å². The number of hydrogen-bond acceptors (Lipinski definition) is 6. The zero-order chi connectivity index (χ0) is 25.6. The van der Waals surface area contributed by atoms with Crippen LogP contribution in [0, 0.1) is 0 Å². The molecule has 0 N–H and O–H groups in total. The van der Waals surface area contributed by atoms with Crippen LogP contribution in [-0.2, 0) is 20.7 Å². The van der Waals surface area contributed by atoms with Crippen molar-refractivity contribution in [3.8, 4) is 11.5 Å². The van der Waals surface area contributed by atoms with Gasteiger partial charge in [-0.1, -0.05) is 18.2 Å². The van der Waals surface area contributed by atoms with Crippen molar-refractivity contribution in [3.05, 3.63) is 58.7 Å². The van der Waals surface area contributed by atoms with Crippen LogP contribution < -0.4 is 9.47 Å². The lowest BCUT2D eigenvalue weighted by molar-refractivity contribution is -0.188. The molecule has 1 spiro atoms. The van der Waals surface area contributed by atoms with E-state index in [2.05, 4.69) is 0 Å². The first kappa shape index (κ1) is 24.2. The van der Waals surface area contributed by atoms with Gasteiger partial charge in [-0.2, -0.15) is 0 Å². The molecule has 4 aliphatic heterocycles. The van der Waals surface area contributed by atoms with E-state index in [4.69, 9.17) is 18.9 Å². The molecule has 8 heteroatoms.